The third-order valence-corrected chi connectivity index (χ3v) is 10.1. The van der Waals surface area contributed by atoms with Gasteiger partial charge in [0.15, 0.2) is 9.34 Å². The molecule has 10 nitrogen and oxygen atoms in total. The fourth-order valence-electron chi connectivity index (χ4n) is 4.82. The number of halogens is 2. The Balaban J connectivity index is 0.00000231. The van der Waals surface area contributed by atoms with E-state index in [0.717, 1.165) is 33.8 Å². The van der Waals surface area contributed by atoms with Gasteiger partial charge in [-0.25, -0.2) is 18.4 Å². The number of aryl methyl sites for hydroxylation is 1. The number of aromatic nitrogens is 3. The molecule has 2 aromatic carbocycles. The minimum atomic E-state index is -4.04. The molecule has 5 rings (SSSR count). The van der Waals surface area contributed by atoms with Crippen molar-refractivity contribution >= 4 is 62.9 Å². The fourth-order valence-corrected chi connectivity index (χ4v) is 7.99. The lowest BCUT2D eigenvalue weighted by Crippen LogP contribution is -2.45. The van der Waals surface area contributed by atoms with Crippen LogP contribution in [0.5, 0.6) is 0 Å². The van der Waals surface area contributed by atoms with Gasteiger partial charge in [-0.05, 0) is 42.7 Å². The van der Waals surface area contributed by atoms with Crippen LogP contribution in [0.3, 0.4) is 0 Å². The molecular formula is C27H29Cl2N7O3S2. The zero-order valence-corrected chi connectivity index (χ0v) is 25.5. The van der Waals surface area contributed by atoms with Gasteiger partial charge in [0.05, 0.1) is 35.9 Å². The predicted molar refractivity (Wildman–Crippen MR) is 163 cm³/mol. The lowest BCUT2D eigenvalue weighted by Gasteiger charge is -2.32. The second-order valence-corrected chi connectivity index (χ2v) is 12.5. The molecule has 2 aromatic heterocycles. The number of aromatic amines is 1. The number of thiazole rings is 1. The first kappa shape index (κ1) is 32.0. The van der Waals surface area contributed by atoms with Gasteiger partial charge in [0.1, 0.15) is 0 Å². The molecule has 0 saturated heterocycles. The molecule has 1 atom stereocenters. The van der Waals surface area contributed by atoms with E-state index in [1.165, 1.54) is 11.2 Å². The molecule has 0 spiro atoms. The number of amides is 1. The van der Waals surface area contributed by atoms with E-state index in [1.54, 1.807) is 31.6 Å². The number of nitrogens with zero attached hydrogens (tertiary/aromatic N) is 5. The Morgan fingerprint density at radius 2 is 1.98 bits per heavy atom. The number of fused-ring (bicyclic) bond motifs is 1. The topological polar surface area (TPSA) is 135 Å². The fraction of sp³-hybridized carbons (Fsp3) is 0.259. The largest absolute Gasteiger partial charge is 0.364 e. The molecule has 0 fully saturated rings. The van der Waals surface area contributed by atoms with Crippen molar-refractivity contribution in [2.24, 2.45) is 0 Å². The maximum atomic E-state index is 14.3. The molecule has 1 aliphatic heterocycles. The van der Waals surface area contributed by atoms with E-state index in [-0.39, 0.29) is 46.6 Å². The lowest BCUT2D eigenvalue weighted by atomic mass is 10.1. The number of imidazole rings is 1. The van der Waals surface area contributed by atoms with Crippen LogP contribution in [-0.4, -0.2) is 46.2 Å². The highest BCUT2D eigenvalue weighted by molar-refractivity contribution is 7.91. The van der Waals surface area contributed by atoms with Crippen molar-refractivity contribution in [1.82, 2.24) is 19.3 Å². The van der Waals surface area contributed by atoms with E-state index >= 15 is 0 Å². The lowest BCUT2D eigenvalue weighted by molar-refractivity contribution is -0.114. The molecular weight excluding hydrogens is 605 g/mol. The Morgan fingerprint density at radius 3 is 2.63 bits per heavy atom. The van der Waals surface area contributed by atoms with Crippen molar-refractivity contribution in [3.8, 4) is 6.07 Å². The molecule has 216 valence electrons. The SMILES string of the molecule is CC(=O)Nc1nc(C)c(S(=O)(=O)N2Cc3cc(C#N)ccc3N(Cc3cnc[nH]3)C[C@H]2Cc2ccccc2)s1.Cl.Cl. The summed E-state index contributed by atoms with van der Waals surface area (Å²) in [6.07, 6.45) is 3.85. The molecule has 0 bridgehead atoms. The van der Waals surface area contributed by atoms with Gasteiger partial charge in [0, 0.05) is 37.9 Å². The molecule has 3 heterocycles. The van der Waals surface area contributed by atoms with Gasteiger partial charge in [0.2, 0.25) is 5.91 Å². The number of carbonyl (C=O) groups excluding carboxylic acids is 1. The Labute approximate surface area is 255 Å². The average molecular weight is 635 g/mol. The minimum absolute atomic E-state index is 0. The standard InChI is InChI=1S/C27H27N7O3S2.2ClH/c1-18-26(38-27(31-18)32-19(2)35)39(36,37)34-14-22-10-21(12-28)8-9-25(22)33(15-23-13-29-17-30-23)16-24(34)11-20-6-4-3-5-7-20;;/h3-10,13,17,24H,11,14-16H2,1-2H3,(H,29,30)(H,31,32,35);2*1H/t24-;;/m1../s1. The Kier molecular flexibility index (Phi) is 10.5. The normalized spacial score (nSPS) is 15.0. The van der Waals surface area contributed by atoms with Gasteiger partial charge in [-0.3, -0.25) is 4.79 Å². The third kappa shape index (κ3) is 7.06. The zero-order chi connectivity index (χ0) is 27.6. The van der Waals surface area contributed by atoms with Crippen molar-refractivity contribution in [1.29, 1.82) is 5.26 Å². The van der Waals surface area contributed by atoms with Crippen molar-refractivity contribution in [2.75, 3.05) is 16.8 Å². The number of hydrogen-bond donors (Lipinski definition) is 2. The van der Waals surface area contributed by atoms with Crippen LogP contribution in [0.15, 0.2) is 65.3 Å². The van der Waals surface area contributed by atoms with Crippen LogP contribution in [0, 0.1) is 18.3 Å². The van der Waals surface area contributed by atoms with Crippen LogP contribution in [0.2, 0.25) is 0 Å². The second-order valence-electron chi connectivity index (χ2n) is 9.38. The van der Waals surface area contributed by atoms with Crippen LogP contribution in [0.4, 0.5) is 10.8 Å². The summed E-state index contributed by atoms with van der Waals surface area (Å²) in [6.45, 7) is 3.96. The maximum absolute atomic E-state index is 14.3. The minimum Gasteiger partial charge on any atom is -0.364 e. The van der Waals surface area contributed by atoms with Gasteiger partial charge < -0.3 is 15.2 Å². The number of nitriles is 1. The predicted octanol–water partition coefficient (Wildman–Crippen LogP) is 4.67. The first-order chi connectivity index (χ1) is 18.7. The van der Waals surface area contributed by atoms with Gasteiger partial charge in [-0.1, -0.05) is 41.7 Å². The van der Waals surface area contributed by atoms with Crippen LogP contribution in [0.1, 0.15) is 35.0 Å². The summed E-state index contributed by atoms with van der Waals surface area (Å²) in [4.78, 5) is 25.3. The number of nitrogens with one attached hydrogen (secondary N) is 2. The number of carbonyl (C=O) groups is 1. The Hall–Kier alpha value is -3.47. The van der Waals surface area contributed by atoms with Crippen molar-refractivity contribution in [3.05, 3.63) is 89.1 Å². The Morgan fingerprint density at radius 1 is 1.22 bits per heavy atom. The first-order valence-corrected chi connectivity index (χ1v) is 14.6. The number of anilines is 2. The van der Waals surface area contributed by atoms with Crippen molar-refractivity contribution in [3.63, 3.8) is 0 Å². The number of sulfonamides is 1. The number of benzene rings is 2. The molecule has 14 heteroatoms. The molecule has 0 aliphatic carbocycles. The molecule has 0 saturated carbocycles. The third-order valence-electron chi connectivity index (χ3n) is 6.52. The highest BCUT2D eigenvalue weighted by Crippen LogP contribution is 2.36. The van der Waals surface area contributed by atoms with Gasteiger partial charge in [-0.2, -0.15) is 9.57 Å². The number of rotatable bonds is 7. The summed E-state index contributed by atoms with van der Waals surface area (Å²) in [5.41, 5.74) is 4.27. The quantitative estimate of drug-likeness (QED) is 0.302. The van der Waals surface area contributed by atoms with E-state index in [0.29, 0.717) is 30.8 Å². The van der Waals surface area contributed by atoms with Gasteiger partial charge >= 0.3 is 0 Å². The van der Waals surface area contributed by atoms with E-state index < -0.39 is 16.1 Å². The van der Waals surface area contributed by atoms with E-state index in [2.05, 4.69) is 31.2 Å². The maximum Gasteiger partial charge on any atom is 0.255 e. The summed E-state index contributed by atoms with van der Waals surface area (Å²) in [7, 11) is -4.04. The first-order valence-electron chi connectivity index (χ1n) is 12.3. The Bertz CT molecular complexity index is 1640. The molecule has 41 heavy (non-hydrogen) atoms. The molecule has 0 unspecified atom stereocenters. The zero-order valence-electron chi connectivity index (χ0n) is 22.3. The van der Waals surface area contributed by atoms with Crippen LogP contribution >= 0.6 is 36.2 Å². The second kappa shape index (κ2) is 13.5. The molecule has 1 amide bonds. The summed E-state index contributed by atoms with van der Waals surface area (Å²) < 4.78 is 30.3. The van der Waals surface area contributed by atoms with Gasteiger partial charge in [-0.15, -0.1) is 24.8 Å². The van der Waals surface area contributed by atoms with Crippen molar-refractivity contribution < 1.29 is 13.2 Å². The van der Waals surface area contributed by atoms with Crippen LogP contribution < -0.4 is 10.2 Å². The van der Waals surface area contributed by atoms with Crippen LogP contribution in [-0.2, 0) is 34.3 Å². The summed E-state index contributed by atoms with van der Waals surface area (Å²) in [6, 6.07) is 16.9. The van der Waals surface area contributed by atoms with E-state index in [1.807, 2.05) is 36.4 Å². The van der Waals surface area contributed by atoms with E-state index in [4.69, 9.17) is 0 Å². The number of hydrogen-bond acceptors (Lipinski definition) is 8. The monoisotopic (exact) mass is 633 g/mol. The highest BCUT2D eigenvalue weighted by atomic mass is 35.5. The summed E-state index contributed by atoms with van der Waals surface area (Å²) >= 11 is 0.945. The molecule has 1 aliphatic rings. The highest BCUT2D eigenvalue weighted by Gasteiger charge is 2.38. The van der Waals surface area contributed by atoms with E-state index in [9.17, 15) is 18.5 Å². The molecule has 0 radical (unpaired) electrons. The van der Waals surface area contributed by atoms with Gasteiger partial charge in [0.25, 0.3) is 10.0 Å². The summed E-state index contributed by atoms with van der Waals surface area (Å²) in [5.74, 6) is -0.322. The van der Waals surface area contributed by atoms with Crippen LogP contribution in [0.25, 0.3) is 0 Å². The smallest absolute Gasteiger partial charge is 0.255 e. The average Bonchev–Trinajstić information content (AvgIpc) is 3.52. The molecule has 4 aromatic rings. The van der Waals surface area contributed by atoms with Crippen molar-refractivity contribution in [2.45, 2.75) is 43.6 Å². The summed E-state index contributed by atoms with van der Waals surface area (Å²) in [5, 5.41) is 12.4. The molecule has 2 N–H and O–H groups in total. The number of H-pyrrole nitrogens is 1.